The van der Waals surface area contributed by atoms with Gasteiger partial charge in [0.2, 0.25) is 0 Å². The molecule has 0 spiro atoms. The second-order valence-electron chi connectivity index (χ2n) is 5.37. The number of halogens is 1. The molecule has 19 heavy (non-hydrogen) atoms. The first-order chi connectivity index (χ1) is 8.50. The standard InChI is InChI=1S/C13H22N4O.ClH/c1-4-11-10(7-17(3)16-11)12(18)15-13(2,8-14)9-5-6-9;/h7,9H,4-6,8,14H2,1-3H3,(H,15,18);1H. The Morgan fingerprint density at radius 3 is 2.74 bits per heavy atom. The van der Waals surface area contributed by atoms with Crippen molar-refractivity contribution in [2.45, 2.75) is 38.6 Å². The number of nitrogens with one attached hydrogen (secondary N) is 1. The van der Waals surface area contributed by atoms with Crippen LogP contribution in [0.3, 0.4) is 0 Å². The van der Waals surface area contributed by atoms with E-state index in [1.54, 1.807) is 10.9 Å². The predicted octanol–water partition coefficient (Wildman–Crippen LogP) is 1.26. The van der Waals surface area contributed by atoms with Crippen molar-refractivity contribution >= 4 is 18.3 Å². The Morgan fingerprint density at radius 2 is 2.26 bits per heavy atom. The number of carbonyl (C=O) groups is 1. The molecule has 1 saturated carbocycles. The first-order valence-electron chi connectivity index (χ1n) is 6.55. The normalized spacial score (nSPS) is 17.5. The Hall–Kier alpha value is -1.07. The highest BCUT2D eigenvalue weighted by molar-refractivity contribution is 5.95. The van der Waals surface area contributed by atoms with E-state index in [0.29, 0.717) is 18.0 Å². The second-order valence-corrected chi connectivity index (χ2v) is 5.37. The summed E-state index contributed by atoms with van der Waals surface area (Å²) < 4.78 is 1.69. The van der Waals surface area contributed by atoms with Crippen LogP contribution in [0.1, 0.15) is 42.7 Å². The van der Waals surface area contributed by atoms with Crippen LogP contribution >= 0.6 is 12.4 Å². The predicted molar refractivity (Wildman–Crippen MR) is 77.5 cm³/mol. The summed E-state index contributed by atoms with van der Waals surface area (Å²) in [5.74, 6) is 0.466. The molecule has 1 fully saturated rings. The zero-order valence-electron chi connectivity index (χ0n) is 11.8. The third-order valence-electron chi connectivity index (χ3n) is 3.79. The highest BCUT2D eigenvalue weighted by Crippen LogP contribution is 2.39. The summed E-state index contributed by atoms with van der Waals surface area (Å²) in [6.07, 6.45) is 4.84. The molecule has 1 aromatic heterocycles. The SMILES string of the molecule is CCc1nn(C)cc1C(=O)NC(C)(CN)C1CC1.Cl. The number of aryl methyl sites for hydroxylation is 2. The summed E-state index contributed by atoms with van der Waals surface area (Å²) in [4.78, 5) is 12.3. The molecule has 0 aliphatic heterocycles. The van der Waals surface area contributed by atoms with E-state index in [-0.39, 0.29) is 23.9 Å². The highest BCUT2D eigenvalue weighted by Gasteiger charge is 2.41. The Morgan fingerprint density at radius 1 is 1.63 bits per heavy atom. The maximum Gasteiger partial charge on any atom is 0.255 e. The highest BCUT2D eigenvalue weighted by atomic mass is 35.5. The lowest BCUT2D eigenvalue weighted by Gasteiger charge is -2.29. The molecule has 6 heteroatoms. The lowest BCUT2D eigenvalue weighted by Crippen LogP contribution is -2.53. The molecular formula is C13H23ClN4O. The van der Waals surface area contributed by atoms with Gasteiger partial charge in [-0.2, -0.15) is 5.10 Å². The topological polar surface area (TPSA) is 72.9 Å². The fourth-order valence-electron chi connectivity index (χ4n) is 2.35. The van der Waals surface area contributed by atoms with Crippen molar-refractivity contribution < 1.29 is 4.79 Å². The Labute approximate surface area is 120 Å². The lowest BCUT2D eigenvalue weighted by molar-refractivity contribution is 0.0897. The van der Waals surface area contributed by atoms with E-state index in [1.165, 1.54) is 0 Å². The summed E-state index contributed by atoms with van der Waals surface area (Å²) in [7, 11) is 1.83. The first-order valence-corrected chi connectivity index (χ1v) is 6.55. The Bertz CT molecular complexity index is 455. The summed E-state index contributed by atoms with van der Waals surface area (Å²) in [5, 5.41) is 7.38. The van der Waals surface area contributed by atoms with Gasteiger partial charge in [0, 0.05) is 19.8 Å². The van der Waals surface area contributed by atoms with Crippen LogP contribution in [0.5, 0.6) is 0 Å². The van der Waals surface area contributed by atoms with Crippen molar-refractivity contribution in [1.29, 1.82) is 0 Å². The van der Waals surface area contributed by atoms with E-state index >= 15 is 0 Å². The lowest BCUT2D eigenvalue weighted by atomic mass is 9.95. The molecule has 1 aliphatic rings. The zero-order valence-corrected chi connectivity index (χ0v) is 12.6. The van der Waals surface area contributed by atoms with E-state index in [1.807, 2.05) is 20.9 Å². The number of carbonyl (C=O) groups excluding carboxylic acids is 1. The van der Waals surface area contributed by atoms with Gasteiger partial charge in [0.1, 0.15) is 0 Å². The minimum atomic E-state index is -0.280. The van der Waals surface area contributed by atoms with Gasteiger partial charge in [0.25, 0.3) is 5.91 Å². The van der Waals surface area contributed by atoms with Crippen LogP contribution < -0.4 is 11.1 Å². The average molecular weight is 287 g/mol. The van der Waals surface area contributed by atoms with E-state index < -0.39 is 0 Å². The number of hydrogen-bond donors (Lipinski definition) is 2. The summed E-state index contributed by atoms with van der Waals surface area (Å²) in [6.45, 7) is 4.51. The van der Waals surface area contributed by atoms with Gasteiger partial charge in [-0.1, -0.05) is 6.92 Å². The van der Waals surface area contributed by atoms with Crippen molar-refractivity contribution in [3.05, 3.63) is 17.5 Å². The molecule has 0 bridgehead atoms. The molecule has 1 aromatic rings. The molecular weight excluding hydrogens is 264 g/mol. The number of aromatic nitrogens is 2. The van der Waals surface area contributed by atoms with Gasteiger partial charge in [-0.05, 0) is 32.1 Å². The van der Waals surface area contributed by atoms with Crippen LogP contribution in [-0.4, -0.2) is 27.8 Å². The molecule has 1 heterocycles. The van der Waals surface area contributed by atoms with Crippen molar-refractivity contribution in [2.24, 2.45) is 18.7 Å². The maximum atomic E-state index is 12.3. The van der Waals surface area contributed by atoms with Crippen LogP contribution in [-0.2, 0) is 13.5 Å². The monoisotopic (exact) mass is 286 g/mol. The summed E-state index contributed by atoms with van der Waals surface area (Å²) >= 11 is 0. The molecule has 3 N–H and O–H groups in total. The smallest absolute Gasteiger partial charge is 0.255 e. The Balaban J connectivity index is 0.00000180. The number of hydrogen-bond acceptors (Lipinski definition) is 3. The third-order valence-corrected chi connectivity index (χ3v) is 3.79. The minimum absolute atomic E-state index is 0. The van der Waals surface area contributed by atoms with Gasteiger partial charge < -0.3 is 11.1 Å². The van der Waals surface area contributed by atoms with Gasteiger partial charge in [0.05, 0.1) is 16.8 Å². The number of nitrogens with zero attached hydrogens (tertiary/aromatic N) is 2. The van der Waals surface area contributed by atoms with Gasteiger partial charge in [-0.3, -0.25) is 9.48 Å². The van der Waals surface area contributed by atoms with Gasteiger partial charge in [0.15, 0.2) is 0 Å². The molecule has 0 saturated heterocycles. The number of rotatable bonds is 5. The van der Waals surface area contributed by atoms with E-state index in [2.05, 4.69) is 10.4 Å². The molecule has 1 amide bonds. The quantitative estimate of drug-likeness (QED) is 0.856. The minimum Gasteiger partial charge on any atom is -0.345 e. The van der Waals surface area contributed by atoms with Crippen LogP contribution in [0, 0.1) is 5.92 Å². The van der Waals surface area contributed by atoms with E-state index in [4.69, 9.17) is 5.73 Å². The maximum absolute atomic E-state index is 12.3. The second kappa shape index (κ2) is 5.92. The average Bonchev–Trinajstić information content (AvgIpc) is 3.12. The van der Waals surface area contributed by atoms with Crippen molar-refractivity contribution in [3.8, 4) is 0 Å². The Kier molecular flexibility index (Phi) is 4.98. The number of nitrogens with two attached hydrogens (primary N) is 1. The van der Waals surface area contributed by atoms with Crippen LogP contribution in [0.25, 0.3) is 0 Å². The third kappa shape index (κ3) is 3.28. The summed E-state index contributed by atoms with van der Waals surface area (Å²) in [5.41, 5.74) is 7.04. The molecule has 1 aliphatic carbocycles. The molecule has 1 atom stereocenters. The van der Waals surface area contributed by atoms with Gasteiger partial charge >= 0.3 is 0 Å². The van der Waals surface area contributed by atoms with Gasteiger partial charge in [-0.15, -0.1) is 12.4 Å². The fourth-order valence-corrected chi connectivity index (χ4v) is 2.35. The van der Waals surface area contributed by atoms with E-state index in [9.17, 15) is 4.79 Å². The van der Waals surface area contributed by atoms with Crippen LogP contribution in [0.2, 0.25) is 0 Å². The largest absolute Gasteiger partial charge is 0.345 e. The fraction of sp³-hybridized carbons (Fsp3) is 0.692. The van der Waals surface area contributed by atoms with E-state index in [0.717, 1.165) is 25.0 Å². The first kappa shape index (κ1) is 16.0. The molecule has 2 rings (SSSR count). The zero-order chi connectivity index (χ0) is 13.3. The van der Waals surface area contributed by atoms with Crippen molar-refractivity contribution in [3.63, 3.8) is 0 Å². The summed E-state index contributed by atoms with van der Waals surface area (Å²) in [6, 6.07) is 0. The molecule has 1 unspecified atom stereocenters. The molecule has 5 nitrogen and oxygen atoms in total. The molecule has 108 valence electrons. The van der Waals surface area contributed by atoms with Gasteiger partial charge in [-0.25, -0.2) is 0 Å². The number of amides is 1. The van der Waals surface area contributed by atoms with Crippen LogP contribution in [0.15, 0.2) is 6.20 Å². The van der Waals surface area contributed by atoms with Crippen molar-refractivity contribution in [2.75, 3.05) is 6.54 Å². The molecule has 0 aromatic carbocycles. The van der Waals surface area contributed by atoms with Crippen LogP contribution in [0.4, 0.5) is 0 Å². The van der Waals surface area contributed by atoms with Crippen molar-refractivity contribution in [1.82, 2.24) is 15.1 Å². The molecule has 0 radical (unpaired) electrons.